The van der Waals surface area contributed by atoms with Crippen LogP contribution in [0.25, 0.3) is 0 Å². The Morgan fingerprint density at radius 1 is 1.35 bits per heavy atom. The highest BCUT2D eigenvalue weighted by atomic mass is 19.1. The third-order valence-corrected chi connectivity index (χ3v) is 2.85. The topological polar surface area (TPSA) is 47.3 Å². The number of hydrogen-bond acceptors (Lipinski definition) is 4. The molecule has 0 bridgehead atoms. The number of hydrogen-bond donors (Lipinski definition) is 1. The fourth-order valence-corrected chi connectivity index (χ4v) is 1.82. The second-order valence-electron chi connectivity index (χ2n) is 4.66. The van der Waals surface area contributed by atoms with E-state index in [1.807, 2.05) is 6.07 Å². The third-order valence-electron chi connectivity index (χ3n) is 2.85. The number of halogens is 1. The first-order valence-electron chi connectivity index (χ1n) is 6.73. The lowest BCUT2D eigenvalue weighted by atomic mass is 10.2. The molecule has 0 unspecified atom stereocenters. The van der Waals surface area contributed by atoms with E-state index in [0.29, 0.717) is 18.1 Å². The summed E-state index contributed by atoms with van der Waals surface area (Å²) < 4.78 is 23.8. The van der Waals surface area contributed by atoms with Crippen LogP contribution in [0.1, 0.15) is 30.4 Å². The molecule has 0 saturated carbocycles. The first-order chi connectivity index (χ1) is 9.69. The van der Waals surface area contributed by atoms with Crippen molar-refractivity contribution < 1.29 is 13.7 Å². The molecule has 0 saturated heterocycles. The monoisotopic (exact) mass is 278 g/mol. The number of ether oxygens (including phenoxy) is 1. The summed E-state index contributed by atoms with van der Waals surface area (Å²) in [6.45, 7) is 5.84. The minimum Gasteiger partial charge on any atom is -0.485 e. The Kier molecular flexibility index (Phi) is 5.12. The fraction of sp³-hybridized carbons (Fsp3) is 0.400. The summed E-state index contributed by atoms with van der Waals surface area (Å²) in [5.74, 6) is 1.04. The largest absolute Gasteiger partial charge is 0.485 e. The Balaban J connectivity index is 1.87. The number of rotatable bonds is 7. The van der Waals surface area contributed by atoms with Gasteiger partial charge in [0.25, 0.3) is 0 Å². The molecule has 1 N–H and O–H groups in total. The van der Waals surface area contributed by atoms with Crippen molar-refractivity contribution in [2.24, 2.45) is 0 Å². The van der Waals surface area contributed by atoms with Crippen LogP contribution in [-0.4, -0.2) is 11.7 Å². The number of nitrogens with one attached hydrogen (secondary N) is 1. The van der Waals surface area contributed by atoms with E-state index in [0.717, 1.165) is 24.2 Å². The van der Waals surface area contributed by atoms with E-state index in [4.69, 9.17) is 9.26 Å². The van der Waals surface area contributed by atoms with E-state index >= 15 is 0 Å². The number of aryl methyl sites for hydroxylation is 1. The van der Waals surface area contributed by atoms with Gasteiger partial charge in [-0.1, -0.05) is 12.1 Å². The van der Waals surface area contributed by atoms with Crippen LogP contribution in [0.4, 0.5) is 4.39 Å². The molecule has 2 aromatic rings. The SMILES string of the molecule is CCCNCc1cc(COc2ccc(F)cc2C)on1. The maximum atomic E-state index is 13.0. The molecule has 1 aromatic carbocycles. The van der Waals surface area contributed by atoms with E-state index in [1.54, 1.807) is 13.0 Å². The molecule has 108 valence electrons. The highest BCUT2D eigenvalue weighted by molar-refractivity contribution is 5.32. The molecule has 1 heterocycles. The molecule has 0 aliphatic heterocycles. The molecular weight excluding hydrogens is 259 g/mol. The number of benzene rings is 1. The smallest absolute Gasteiger partial charge is 0.174 e. The average Bonchev–Trinajstić information content (AvgIpc) is 2.86. The van der Waals surface area contributed by atoms with E-state index in [1.165, 1.54) is 12.1 Å². The molecule has 0 radical (unpaired) electrons. The molecule has 20 heavy (non-hydrogen) atoms. The van der Waals surface area contributed by atoms with Gasteiger partial charge in [0.05, 0.1) is 5.69 Å². The quantitative estimate of drug-likeness (QED) is 0.790. The molecule has 5 heteroatoms. The second-order valence-corrected chi connectivity index (χ2v) is 4.66. The zero-order valence-corrected chi connectivity index (χ0v) is 11.8. The lowest BCUT2D eigenvalue weighted by Gasteiger charge is -2.06. The lowest BCUT2D eigenvalue weighted by Crippen LogP contribution is -2.13. The molecular formula is C15H19FN2O2. The van der Waals surface area contributed by atoms with Crippen LogP contribution in [0.2, 0.25) is 0 Å². The molecule has 0 aliphatic rings. The maximum Gasteiger partial charge on any atom is 0.174 e. The van der Waals surface area contributed by atoms with Gasteiger partial charge in [0.2, 0.25) is 0 Å². The maximum absolute atomic E-state index is 13.0. The number of aromatic nitrogens is 1. The summed E-state index contributed by atoms with van der Waals surface area (Å²) in [6, 6.07) is 6.30. The Bertz CT molecular complexity index is 555. The van der Waals surface area contributed by atoms with E-state index in [-0.39, 0.29) is 12.4 Å². The summed E-state index contributed by atoms with van der Waals surface area (Å²) in [5, 5.41) is 7.21. The normalized spacial score (nSPS) is 10.8. The summed E-state index contributed by atoms with van der Waals surface area (Å²) in [7, 11) is 0. The van der Waals surface area contributed by atoms with Crippen LogP contribution in [0, 0.1) is 12.7 Å². The molecule has 0 aliphatic carbocycles. The van der Waals surface area contributed by atoms with Gasteiger partial charge in [0, 0.05) is 12.6 Å². The Morgan fingerprint density at radius 2 is 2.20 bits per heavy atom. The van der Waals surface area contributed by atoms with Gasteiger partial charge in [-0.25, -0.2) is 4.39 Å². The van der Waals surface area contributed by atoms with E-state index < -0.39 is 0 Å². The van der Waals surface area contributed by atoms with E-state index in [2.05, 4.69) is 17.4 Å². The van der Waals surface area contributed by atoms with Gasteiger partial charge in [-0.3, -0.25) is 0 Å². The van der Waals surface area contributed by atoms with Crippen LogP contribution in [0.15, 0.2) is 28.8 Å². The van der Waals surface area contributed by atoms with Crippen LogP contribution in [0.5, 0.6) is 5.75 Å². The zero-order valence-electron chi connectivity index (χ0n) is 11.8. The minimum absolute atomic E-state index is 0.265. The predicted molar refractivity (Wildman–Crippen MR) is 74.0 cm³/mol. The summed E-state index contributed by atoms with van der Waals surface area (Å²) in [4.78, 5) is 0. The van der Waals surface area contributed by atoms with Crippen LogP contribution >= 0.6 is 0 Å². The first kappa shape index (κ1) is 14.5. The second kappa shape index (κ2) is 7.05. The Hall–Kier alpha value is -1.88. The van der Waals surface area contributed by atoms with Crippen molar-refractivity contribution in [3.63, 3.8) is 0 Å². The van der Waals surface area contributed by atoms with Crippen LogP contribution < -0.4 is 10.1 Å². The van der Waals surface area contributed by atoms with Gasteiger partial charge in [-0.05, 0) is 43.7 Å². The average molecular weight is 278 g/mol. The van der Waals surface area contributed by atoms with Crippen molar-refractivity contribution in [2.75, 3.05) is 6.54 Å². The molecule has 0 spiro atoms. The van der Waals surface area contributed by atoms with Gasteiger partial charge in [-0.2, -0.15) is 0 Å². The third kappa shape index (κ3) is 4.06. The Labute approximate surface area is 117 Å². The zero-order chi connectivity index (χ0) is 14.4. The van der Waals surface area contributed by atoms with Crippen LogP contribution in [-0.2, 0) is 13.2 Å². The molecule has 1 aromatic heterocycles. The summed E-state index contributed by atoms with van der Waals surface area (Å²) in [6.07, 6.45) is 1.08. The summed E-state index contributed by atoms with van der Waals surface area (Å²) >= 11 is 0. The van der Waals surface area contributed by atoms with Crippen molar-refractivity contribution in [1.82, 2.24) is 10.5 Å². The minimum atomic E-state index is -0.265. The van der Waals surface area contributed by atoms with Crippen molar-refractivity contribution >= 4 is 0 Å². The van der Waals surface area contributed by atoms with Gasteiger partial charge < -0.3 is 14.6 Å². The van der Waals surface area contributed by atoms with Crippen LogP contribution in [0.3, 0.4) is 0 Å². The fourth-order valence-electron chi connectivity index (χ4n) is 1.82. The Morgan fingerprint density at radius 3 is 2.95 bits per heavy atom. The summed E-state index contributed by atoms with van der Waals surface area (Å²) in [5.41, 5.74) is 1.61. The van der Waals surface area contributed by atoms with Crippen molar-refractivity contribution in [3.05, 3.63) is 47.1 Å². The van der Waals surface area contributed by atoms with Gasteiger partial charge in [0.15, 0.2) is 5.76 Å². The predicted octanol–water partition coefficient (Wildman–Crippen LogP) is 3.20. The molecule has 0 atom stereocenters. The van der Waals surface area contributed by atoms with Crippen molar-refractivity contribution in [3.8, 4) is 5.75 Å². The van der Waals surface area contributed by atoms with Gasteiger partial charge in [-0.15, -0.1) is 0 Å². The molecule has 0 fully saturated rings. The molecule has 0 amide bonds. The lowest BCUT2D eigenvalue weighted by molar-refractivity contribution is 0.247. The van der Waals surface area contributed by atoms with Gasteiger partial charge in [0.1, 0.15) is 18.2 Å². The van der Waals surface area contributed by atoms with Crippen molar-refractivity contribution in [1.29, 1.82) is 0 Å². The molecule has 4 nitrogen and oxygen atoms in total. The number of nitrogens with zero attached hydrogens (tertiary/aromatic N) is 1. The van der Waals surface area contributed by atoms with E-state index in [9.17, 15) is 4.39 Å². The van der Waals surface area contributed by atoms with Gasteiger partial charge >= 0.3 is 0 Å². The highest BCUT2D eigenvalue weighted by Crippen LogP contribution is 2.19. The standard InChI is InChI=1S/C15H19FN2O2/c1-3-6-17-9-13-8-14(20-18-13)10-19-15-5-4-12(16)7-11(15)2/h4-5,7-8,17H,3,6,9-10H2,1-2H3. The van der Waals surface area contributed by atoms with Crippen molar-refractivity contribution in [2.45, 2.75) is 33.4 Å². The highest BCUT2D eigenvalue weighted by Gasteiger charge is 2.06. The molecule has 2 rings (SSSR count). The first-order valence-corrected chi connectivity index (χ1v) is 6.73.